The van der Waals surface area contributed by atoms with Crippen molar-refractivity contribution in [1.29, 1.82) is 5.26 Å². The molecule has 0 aromatic heterocycles. The number of nitrogens with zero attached hydrogens (tertiary/aromatic N) is 3. The highest BCUT2D eigenvalue weighted by atomic mass is 16.5. The molecule has 0 saturated carbocycles. The highest BCUT2D eigenvalue weighted by molar-refractivity contribution is 5.40. The van der Waals surface area contributed by atoms with E-state index >= 15 is 0 Å². The Labute approximate surface area is 75.6 Å². The second-order valence-corrected chi connectivity index (χ2v) is 2.12. The van der Waals surface area contributed by atoms with Gasteiger partial charge in [-0.15, -0.1) is 5.11 Å². The fourth-order valence-electron chi connectivity index (χ4n) is 0.754. The maximum absolute atomic E-state index is 8.09. The van der Waals surface area contributed by atoms with E-state index in [1.165, 1.54) is 0 Å². The van der Waals surface area contributed by atoms with Crippen molar-refractivity contribution < 1.29 is 4.74 Å². The quantitative estimate of drug-likeness (QED) is 0.330. The van der Waals surface area contributed by atoms with Crippen LogP contribution in [0.25, 0.3) is 0 Å². The number of rotatable bonds is 3. The highest BCUT2D eigenvalue weighted by Gasteiger charge is 1.90. The third-order valence-electron chi connectivity index (χ3n) is 1.34. The second kappa shape index (κ2) is 4.72. The molecule has 0 spiro atoms. The summed E-state index contributed by atoms with van der Waals surface area (Å²) in [5, 5.41) is 15.2. The number of nitriles is 1. The zero-order chi connectivity index (χ0) is 9.52. The Bertz CT molecular complexity index is 325. The molecular weight excluding hydrogens is 168 g/mol. The first-order valence-corrected chi connectivity index (χ1v) is 3.55. The molecule has 0 radical (unpaired) electrons. The van der Waals surface area contributed by atoms with Crippen LogP contribution in [0.4, 0.5) is 5.69 Å². The fraction of sp³-hybridized carbons (Fsp3) is 0.125. The summed E-state index contributed by atoms with van der Waals surface area (Å²) in [5.41, 5.74) is 2.71. The topological polar surface area (TPSA) is 69.8 Å². The van der Waals surface area contributed by atoms with Gasteiger partial charge in [-0.2, -0.15) is 10.7 Å². The van der Waals surface area contributed by atoms with Gasteiger partial charge in [-0.1, -0.05) is 5.22 Å². The molecule has 13 heavy (non-hydrogen) atoms. The molecule has 1 rings (SSSR count). The molecule has 0 saturated heterocycles. The van der Waals surface area contributed by atoms with Crippen molar-refractivity contribution in [2.24, 2.45) is 10.3 Å². The van der Waals surface area contributed by atoms with Crippen LogP contribution >= 0.6 is 0 Å². The summed E-state index contributed by atoms with van der Waals surface area (Å²) in [6.45, 7) is 0. The first kappa shape index (κ1) is 9.00. The van der Waals surface area contributed by atoms with Crippen LogP contribution in [0.2, 0.25) is 0 Å². The van der Waals surface area contributed by atoms with E-state index in [0.717, 1.165) is 5.75 Å². The first-order chi connectivity index (χ1) is 6.36. The van der Waals surface area contributed by atoms with Gasteiger partial charge in [0.15, 0.2) is 6.19 Å². The van der Waals surface area contributed by atoms with Gasteiger partial charge in [-0.3, -0.25) is 0 Å². The van der Waals surface area contributed by atoms with Crippen LogP contribution in [0.1, 0.15) is 0 Å². The summed E-state index contributed by atoms with van der Waals surface area (Å²) in [7, 11) is 1.59. The van der Waals surface area contributed by atoms with E-state index in [0.29, 0.717) is 5.69 Å². The molecule has 0 heterocycles. The second-order valence-electron chi connectivity index (χ2n) is 2.12. The molecule has 0 aliphatic rings. The van der Waals surface area contributed by atoms with Gasteiger partial charge in [-0.25, -0.2) is 0 Å². The largest absolute Gasteiger partial charge is 0.497 e. The van der Waals surface area contributed by atoms with E-state index in [1.54, 1.807) is 37.6 Å². The molecule has 0 fully saturated rings. The predicted octanol–water partition coefficient (Wildman–Crippen LogP) is 1.76. The van der Waals surface area contributed by atoms with Gasteiger partial charge in [0, 0.05) is 0 Å². The molecular formula is C8H8N4O. The van der Waals surface area contributed by atoms with Crippen molar-refractivity contribution in [1.82, 2.24) is 5.43 Å². The number of nitrogens with one attached hydrogen (secondary N) is 1. The molecule has 1 N–H and O–H groups in total. The van der Waals surface area contributed by atoms with Crippen LogP contribution in [0, 0.1) is 11.5 Å². The van der Waals surface area contributed by atoms with Crippen LogP contribution in [0.3, 0.4) is 0 Å². The van der Waals surface area contributed by atoms with Gasteiger partial charge in [0.2, 0.25) is 0 Å². The van der Waals surface area contributed by atoms with E-state index in [2.05, 4.69) is 15.8 Å². The van der Waals surface area contributed by atoms with Crippen molar-refractivity contribution >= 4 is 5.69 Å². The normalized spacial score (nSPS) is 9.54. The first-order valence-electron chi connectivity index (χ1n) is 3.55. The summed E-state index contributed by atoms with van der Waals surface area (Å²) >= 11 is 0. The Morgan fingerprint density at radius 3 is 2.62 bits per heavy atom. The summed E-state index contributed by atoms with van der Waals surface area (Å²) in [6, 6.07) is 7.00. The standard InChI is InChI=1S/C8H8N4O/c1-13-8-4-2-7(3-5-8)11-12-10-6-9/h2-5H,1H3,(H,10,11). The van der Waals surface area contributed by atoms with Gasteiger partial charge in [0.05, 0.1) is 12.8 Å². The van der Waals surface area contributed by atoms with Gasteiger partial charge in [0.1, 0.15) is 5.75 Å². The van der Waals surface area contributed by atoms with Crippen LogP contribution < -0.4 is 10.2 Å². The van der Waals surface area contributed by atoms with E-state index in [9.17, 15) is 0 Å². The average Bonchev–Trinajstić information content (AvgIpc) is 2.19. The monoisotopic (exact) mass is 176 g/mol. The molecule has 0 atom stereocenters. The fourth-order valence-corrected chi connectivity index (χ4v) is 0.754. The molecule has 0 aliphatic heterocycles. The number of methoxy groups -OCH3 is 1. The molecule has 5 heteroatoms. The molecule has 0 bridgehead atoms. The van der Waals surface area contributed by atoms with E-state index in [1.807, 2.05) is 0 Å². The molecule has 0 amide bonds. The minimum absolute atomic E-state index is 0.656. The maximum Gasteiger partial charge on any atom is 0.200 e. The average molecular weight is 176 g/mol. The van der Waals surface area contributed by atoms with Gasteiger partial charge < -0.3 is 4.74 Å². The van der Waals surface area contributed by atoms with Crippen LogP contribution in [-0.4, -0.2) is 7.11 Å². The van der Waals surface area contributed by atoms with E-state index < -0.39 is 0 Å². The Balaban J connectivity index is 2.65. The van der Waals surface area contributed by atoms with Crippen LogP contribution in [0.15, 0.2) is 34.6 Å². The lowest BCUT2D eigenvalue weighted by atomic mass is 10.3. The molecule has 1 aromatic rings. The van der Waals surface area contributed by atoms with Gasteiger partial charge >= 0.3 is 0 Å². The minimum Gasteiger partial charge on any atom is -0.497 e. The third kappa shape index (κ3) is 2.79. The smallest absolute Gasteiger partial charge is 0.200 e. The van der Waals surface area contributed by atoms with Gasteiger partial charge in [-0.05, 0) is 24.3 Å². The van der Waals surface area contributed by atoms with Crippen molar-refractivity contribution in [3.63, 3.8) is 0 Å². The Morgan fingerprint density at radius 1 is 1.38 bits per heavy atom. The van der Waals surface area contributed by atoms with Crippen molar-refractivity contribution in [2.75, 3.05) is 7.11 Å². The molecule has 66 valence electrons. The molecule has 0 unspecified atom stereocenters. The SMILES string of the molecule is COc1ccc(N=NNC#N)cc1. The number of hydrogen-bond donors (Lipinski definition) is 1. The van der Waals surface area contributed by atoms with E-state index in [-0.39, 0.29) is 0 Å². The Kier molecular flexibility index (Phi) is 3.27. The zero-order valence-electron chi connectivity index (χ0n) is 7.06. The summed E-state index contributed by atoms with van der Waals surface area (Å²) < 4.78 is 4.95. The third-order valence-corrected chi connectivity index (χ3v) is 1.34. The van der Waals surface area contributed by atoms with Gasteiger partial charge in [0.25, 0.3) is 0 Å². The highest BCUT2D eigenvalue weighted by Crippen LogP contribution is 2.17. The number of ether oxygens (including phenoxy) is 1. The predicted molar refractivity (Wildman–Crippen MR) is 46.3 cm³/mol. The number of benzene rings is 1. The summed E-state index contributed by atoms with van der Waals surface area (Å²) in [4.78, 5) is 0. The summed E-state index contributed by atoms with van der Waals surface area (Å²) in [6.07, 6.45) is 1.63. The molecule has 1 aromatic carbocycles. The Morgan fingerprint density at radius 2 is 2.08 bits per heavy atom. The Hall–Kier alpha value is -2.09. The van der Waals surface area contributed by atoms with E-state index in [4.69, 9.17) is 10.00 Å². The van der Waals surface area contributed by atoms with Crippen LogP contribution in [0.5, 0.6) is 5.75 Å². The molecule has 0 aliphatic carbocycles. The lowest BCUT2D eigenvalue weighted by molar-refractivity contribution is 0.415. The maximum atomic E-state index is 8.09. The van der Waals surface area contributed by atoms with Crippen molar-refractivity contribution in [2.45, 2.75) is 0 Å². The van der Waals surface area contributed by atoms with Crippen LogP contribution in [-0.2, 0) is 0 Å². The number of hydrogen-bond acceptors (Lipinski definition) is 4. The zero-order valence-corrected chi connectivity index (χ0v) is 7.06. The summed E-state index contributed by atoms with van der Waals surface area (Å²) in [5.74, 6) is 0.757. The minimum atomic E-state index is 0.656. The van der Waals surface area contributed by atoms with Crippen molar-refractivity contribution in [3.8, 4) is 11.9 Å². The molecule has 5 nitrogen and oxygen atoms in total. The lowest BCUT2D eigenvalue weighted by Gasteiger charge is -1.97. The lowest BCUT2D eigenvalue weighted by Crippen LogP contribution is -1.88. The van der Waals surface area contributed by atoms with Crippen molar-refractivity contribution in [3.05, 3.63) is 24.3 Å².